The smallest absolute Gasteiger partial charge is 0.0824 e. The molecule has 0 aliphatic rings. The molecule has 3 nitrogen and oxygen atoms in total. The summed E-state index contributed by atoms with van der Waals surface area (Å²) in [6.45, 7) is 13.2. The Bertz CT molecular complexity index is 452. The van der Waals surface area contributed by atoms with E-state index in [0.29, 0.717) is 6.42 Å². The third kappa shape index (κ3) is 12.0. The van der Waals surface area contributed by atoms with Gasteiger partial charge in [-0.05, 0) is 53.9 Å². The standard InChI is InChI=1S/C20H34O3/c1-7-20(6,23)14-19(22)13-17(5)12-18(21)11-16(4)10-8-9-15(2)3/h7,9,11,13,18-19,21-23H,1,8,10,12,14H2,2-6H3/b16-11+,17-13+/t18-,19-,20-/m0/s1. The van der Waals surface area contributed by atoms with Crippen molar-refractivity contribution in [2.24, 2.45) is 0 Å². The van der Waals surface area contributed by atoms with E-state index >= 15 is 0 Å². The summed E-state index contributed by atoms with van der Waals surface area (Å²) < 4.78 is 0. The molecule has 0 spiro atoms. The Kier molecular flexibility index (Phi) is 10.1. The minimum atomic E-state index is -1.09. The zero-order valence-electron chi connectivity index (χ0n) is 15.3. The Hall–Kier alpha value is -1.16. The van der Waals surface area contributed by atoms with Crippen LogP contribution in [0.15, 0.2) is 47.6 Å². The normalized spacial score (nSPS) is 18.1. The van der Waals surface area contributed by atoms with Crippen molar-refractivity contribution in [1.82, 2.24) is 0 Å². The van der Waals surface area contributed by atoms with Crippen molar-refractivity contribution >= 4 is 0 Å². The summed E-state index contributed by atoms with van der Waals surface area (Å²) in [5, 5.41) is 29.9. The van der Waals surface area contributed by atoms with Gasteiger partial charge in [0.05, 0.1) is 17.8 Å². The molecule has 3 N–H and O–H groups in total. The minimum Gasteiger partial charge on any atom is -0.389 e. The van der Waals surface area contributed by atoms with Gasteiger partial charge in [-0.2, -0.15) is 0 Å². The number of allylic oxidation sites excluding steroid dienone is 3. The molecule has 3 heteroatoms. The zero-order valence-corrected chi connectivity index (χ0v) is 15.3. The van der Waals surface area contributed by atoms with E-state index in [0.717, 1.165) is 24.0 Å². The molecule has 0 aromatic rings. The van der Waals surface area contributed by atoms with E-state index in [1.807, 2.05) is 19.9 Å². The topological polar surface area (TPSA) is 60.7 Å². The van der Waals surface area contributed by atoms with E-state index in [4.69, 9.17) is 0 Å². The highest BCUT2D eigenvalue weighted by Crippen LogP contribution is 2.17. The van der Waals surface area contributed by atoms with Gasteiger partial charge in [-0.1, -0.05) is 41.0 Å². The lowest BCUT2D eigenvalue weighted by molar-refractivity contribution is 0.0573. The maximum atomic E-state index is 10.1. The van der Waals surface area contributed by atoms with E-state index in [2.05, 4.69) is 26.5 Å². The van der Waals surface area contributed by atoms with Crippen molar-refractivity contribution in [3.63, 3.8) is 0 Å². The highest BCUT2D eigenvalue weighted by Gasteiger charge is 2.19. The number of hydrogen-bond donors (Lipinski definition) is 3. The van der Waals surface area contributed by atoms with Crippen LogP contribution < -0.4 is 0 Å². The monoisotopic (exact) mass is 322 g/mol. The second kappa shape index (κ2) is 10.6. The number of aliphatic hydroxyl groups is 3. The van der Waals surface area contributed by atoms with Gasteiger partial charge in [0.25, 0.3) is 0 Å². The first-order valence-electron chi connectivity index (χ1n) is 8.26. The lowest BCUT2D eigenvalue weighted by Gasteiger charge is -2.21. The molecule has 0 heterocycles. The van der Waals surface area contributed by atoms with E-state index in [9.17, 15) is 15.3 Å². The quantitative estimate of drug-likeness (QED) is 0.531. The van der Waals surface area contributed by atoms with Gasteiger partial charge in [0.15, 0.2) is 0 Å². The third-order valence-corrected chi connectivity index (χ3v) is 3.64. The lowest BCUT2D eigenvalue weighted by Crippen LogP contribution is -2.26. The maximum absolute atomic E-state index is 10.1. The van der Waals surface area contributed by atoms with Crippen LogP contribution >= 0.6 is 0 Å². The second-order valence-corrected chi connectivity index (χ2v) is 6.95. The fourth-order valence-electron chi connectivity index (χ4n) is 2.35. The fourth-order valence-corrected chi connectivity index (χ4v) is 2.35. The van der Waals surface area contributed by atoms with Crippen molar-refractivity contribution < 1.29 is 15.3 Å². The SMILES string of the molecule is C=C[C@](C)(O)C[C@@H](O)/C=C(\C)C[C@@H](O)/C=C(\C)CCC=C(C)C. The number of hydrogen-bond acceptors (Lipinski definition) is 3. The molecule has 0 aliphatic heterocycles. The average Bonchev–Trinajstić information content (AvgIpc) is 2.36. The van der Waals surface area contributed by atoms with Crippen LogP contribution in [0.25, 0.3) is 0 Å². The van der Waals surface area contributed by atoms with E-state index in [-0.39, 0.29) is 6.42 Å². The van der Waals surface area contributed by atoms with Gasteiger partial charge in [0.1, 0.15) is 0 Å². The molecule has 0 unspecified atom stereocenters. The molecular weight excluding hydrogens is 288 g/mol. The van der Waals surface area contributed by atoms with Crippen LogP contribution in [0.3, 0.4) is 0 Å². The van der Waals surface area contributed by atoms with E-state index in [1.54, 1.807) is 13.0 Å². The Labute approximate surface area is 141 Å². The van der Waals surface area contributed by atoms with Crippen molar-refractivity contribution in [3.05, 3.63) is 47.6 Å². The molecule has 0 aliphatic carbocycles. The second-order valence-electron chi connectivity index (χ2n) is 6.95. The first-order valence-corrected chi connectivity index (χ1v) is 8.26. The summed E-state index contributed by atoms with van der Waals surface area (Å²) in [7, 11) is 0. The Balaban J connectivity index is 4.47. The predicted octanol–water partition coefficient (Wildman–Crippen LogP) is 4.06. The van der Waals surface area contributed by atoms with Gasteiger partial charge in [-0.3, -0.25) is 0 Å². The molecule has 0 bridgehead atoms. The summed E-state index contributed by atoms with van der Waals surface area (Å²) in [6.07, 6.45) is 8.48. The summed E-state index contributed by atoms with van der Waals surface area (Å²) in [6, 6.07) is 0. The predicted molar refractivity (Wildman–Crippen MR) is 98.2 cm³/mol. The van der Waals surface area contributed by atoms with Crippen molar-refractivity contribution in [2.75, 3.05) is 0 Å². The molecule has 0 aromatic heterocycles. The highest BCUT2D eigenvalue weighted by atomic mass is 16.3. The van der Waals surface area contributed by atoms with Gasteiger partial charge in [0, 0.05) is 6.42 Å². The molecule has 3 atom stereocenters. The van der Waals surface area contributed by atoms with Crippen LogP contribution in [0.1, 0.15) is 60.3 Å². The largest absolute Gasteiger partial charge is 0.389 e. The minimum absolute atomic E-state index is 0.196. The van der Waals surface area contributed by atoms with Gasteiger partial charge < -0.3 is 15.3 Å². The Morgan fingerprint density at radius 1 is 1.04 bits per heavy atom. The molecule has 0 saturated heterocycles. The molecule has 0 radical (unpaired) electrons. The van der Waals surface area contributed by atoms with Crippen LogP contribution in [0.5, 0.6) is 0 Å². The summed E-state index contributed by atoms with van der Waals surface area (Å²) >= 11 is 0. The Morgan fingerprint density at radius 3 is 2.13 bits per heavy atom. The molecular formula is C20H34O3. The van der Waals surface area contributed by atoms with Crippen LogP contribution in [0.2, 0.25) is 0 Å². The average molecular weight is 322 g/mol. The van der Waals surface area contributed by atoms with Gasteiger partial charge in [0.2, 0.25) is 0 Å². The van der Waals surface area contributed by atoms with Gasteiger partial charge in [-0.25, -0.2) is 0 Å². The van der Waals surface area contributed by atoms with Gasteiger partial charge in [-0.15, -0.1) is 6.58 Å². The number of rotatable bonds is 10. The molecule has 0 fully saturated rings. The van der Waals surface area contributed by atoms with Crippen LogP contribution in [0.4, 0.5) is 0 Å². The van der Waals surface area contributed by atoms with E-state index < -0.39 is 17.8 Å². The zero-order chi connectivity index (χ0) is 18.0. The number of aliphatic hydroxyl groups excluding tert-OH is 2. The Morgan fingerprint density at radius 2 is 1.61 bits per heavy atom. The van der Waals surface area contributed by atoms with E-state index in [1.165, 1.54) is 11.6 Å². The summed E-state index contributed by atoms with van der Waals surface area (Å²) in [5.41, 5.74) is 2.29. The first kappa shape index (κ1) is 21.8. The molecule has 0 rings (SSSR count). The van der Waals surface area contributed by atoms with Crippen LogP contribution in [-0.2, 0) is 0 Å². The van der Waals surface area contributed by atoms with Crippen LogP contribution in [0, 0.1) is 0 Å². The van der Waals surface area contributed by atoms with Crippen molar-refractivity contribution in [3.8, 4) is 0 Å². The van der Waals surface area contributed by atoms with Crippen LogP contribution in [-0.4, -0.2) is 33.1 Å². The fraction of sp³-hybridized carbons (Fsp3) is 0.600. The summed E-state index contributed by atoms with van der Waals surface area (Å²) in [4.78, 5) is 0. The van der Waals surface area contributed by atoms with Crippen molar-refractivity contribution in [2.45, 2.75) is 78.1 Å². The lowest BCUT2D eigenvalue weighted by atomic mass is 9.96. The maximum Gasteiger partial charge on any atom is 0.0824 e. The summed E-state index contributed by atoms with van der Waals surface area (Å²) in [5.74, 6) is 0. The molecule has 0 amide bonds. The molecule has 0 aromatic carbocycles. The molecule has 0 saturated carbocycles. The first-order chi connectivity index (χ1) is 10.6. The highest BCUT2D eigenvalue weighted by molar-refractivity contribution is 5.11. The molecule has 132 valence electrons. The van der Waals surface area contributed by atoms with Gasteiger partial charge >= 0.3 is 0 Å². The third-order valence-electron chi connectivity index (χ3n) is 3.64. The van der Waals surface area contributed by atoms with Crippen molar-refractivity contribution in [1.29, 1.82) is 0 Å². The molecule has 23 heavy (non-hydrogen) atoms.